The summed E-state index contributed by atoms with van der Waals surface area (Å²) in [5.41, 5.74) is 17.6. The van der Waals surface area contributed by atoms with E-state index in [1.54, 1.807) is 0 Å². The van der Waals surface area contributed by atoms with Gasteiger partial charge in [-0.3, -0.25) is 4.98 Å². The first-order valence-corrected chi connectivity index (χ1v) is 21.4. The molecular formula is C58H37N5. The van der Waals surface area contributed by atoms with Gasteiger partial charge in [0.1, 0.15) is 0 Å². The first-order chi connectivity index (χ1) is 31.2. The molecule has 0 saturated carbocycles. The normalized spacial score (nSPS) is 11.8. The molecule has 0 radical (unpaired) electrons. The fraction of sp³-hybridized carbons (Fsp3) is 0. The molecule has 0 spiro atoms. The molecule has 0 amide bonds. The summed E-state index contributed by atoms with van der Waals surface area (Å²) in [5.74, 6) is 0. The van der Waals surface area contributed by atoms with Crippen LogP contribution in [0.15, 0.2) is 225 Å². The van der Waals surface area contributed by atoms with Crippen molar-refractivity contribution in [1.29, 1.82) is 0 Å². The van der Waals surface area contributed by atoms with Gasteiger partial charge >= 0.3 is 0 Å². The Kier molecular flexibility index (Phi) is 7.84. The highest BCUT2D eigenvalue weighted by Crippen LogP contribution is 2.40. The Hall–Kier alpha value is -8.54. The molecule has 0 bridgehead atoms. The molecule has 0 aliphatic carbocycles. The van der Waals surface area contributed by atoms with E-state index < -0.39 is 0 Å². The number of aromatic nitrogens is 5. The van der Waals surface area contributed by atoms with Gasteiger partial charge in [-0.2, -0.15) is 0 Å². The second-order valence-corrected chi connectivity index (χ2v) is 16.2. The van der Waals surface area contributed by atoms with Crippen LogP contribution in [0.25, 0.3) is 116 Å². The first kappa shape index (κ1) is 35.2. The number of para-hydroxylation sites is 3. The van der Waals surface area contributed by atoms with E-state index in [1.165, 1.54) is 38.1 Å². The Morgan fingerprint density at radius 1 is 0.270 bits per heavy atom. The van der Waals surface area contributed by atoms with Crippen LogP contribution in [0.4, 0.5) is 0 Å². The maximum absolute atomic E-state index is 5.21. The Labute approximate surface area is 363 Å². The van der Waals surface area contributed by atoms with Crippen LogP contribution in [0.1, 0.15) is 0 Å². The zero-order chi connectivity index (χ0) is 41.4. The minimum absolute atomic E-state index is 0.939. The first-order valence-electron chi connectivity index (χ1n) is 21.4. The Morgan fingerprint density at radius 2 is 0.730 bits per heavy atom. The summed E-state index contributed by atoms with van der Waals surface area (Å²) in [6.07, 6.45) is 1.87. The van der Waals surface area contributed by atoms with Crippen molar-refractivity contribution < 1.29 is 0 Å². The van der Waals surface area contributed by atoms with Crippen molar-refractivity contribution in [2.24, 2.45) is 0 Å². The Bertz CT molecular complexity index is 3780. The van der Waals surface area contributed by atoms with Crippen molar-refractivity contribution in [2.45, 2.75) is 0 Å². The molecule has 5 aromatic heterocycles. The zero-order valence-corrected chi connectivity index (χ0v) is 34.1. The van der Waals surface area contributed by atoms with Crippen LogP contribution in [-0.2, 0) is 0 Å². The summed E-state index contributed by atoms with van der Waals surface area (Å²) in [4.78, 5) is 9.96. The van der Waals surface area contributed by atoms with E-state index in [1.807, 2.05) is 12.3 Å². The highest BCUT2D eigenvalue weighted by Gasteiger charge is 2.19. The van der Waals surface area contributed by atoms with E-state index in [0.29, 0.717) is 0 Å². The van der Waals surface area contributed by atoms with E-state index in [0.717, 1.165) is 78.1 Å². The molecule has 0 saturated heterocycles. The summed E-state index contributed by atoms with van der Waals surface area (Å²) in [5, 5.41) is 6.03. The molecule has 5 nitrogen and oxygen atoms in total. The molecule has 0 fully saturated rings. The molecule has 0 N–H and O–H groups in total. The minimum atomic E-state index is 0.939. The van der Waals surface area contributed by atoms with Gasteiger partial charge in [0.2, 0.25) is 0 Å². The quantitative estimate of drug-likeness (QED) is 0.168. The number of fused-ring (bicyclic) bond motifs is 9. The number of rotatable bonds is 6. The predicted octanol–water partition coefficient (Wildman–Crippen LogP) is 14.8. The minimum Gasteiger partial charge on any atom is -0.309 e. The van der Waals surface area contributed by atoms with E-state index in [4.69, 9.17) is 9.97 Å². The molecule has 5 heteroatoms. The largest absolute Gasteiger partial charge is 0.309 e. The van der Waals surface area contributed by atoms with Crippen molar-refractivity contribution in [3.63, 3.8) is 0 Å². The number of hydrogen-bond acceptors (Lipinski definition) is 2. The van der Waals surface area contributed by atoms with Crippen molar-refractivity contribution in [3.05, 3.63) is 225 Å². The van der Waals surface area contributed by atoms with Crippen LogP contribution in [0.3, 0.4) is 0 Å². The SMILES string of the molecule is c1ccc(-c2cc(-n3c4ccccc4c4ccc(-c5ccc6c(c5)c5ccccc5n6-c5ccc(-n6c7ccccc7c7ncccc76)cc5)cc43)cc(-c3ccccc3)n2)cc1. The molecular weight excluding hydrogens is 767 g/mol. The summed E-state index contributed by atoms with van der Waals surface area (Å²) in [7, 11) is 0. The van der Waals surface area contributed by atoms with Crippen molar-refractivity contribution in [2.75, 3.05) is 0 Å². The van der Waals surface area contributed by atoms with Crippen molar-refractivity contribution in [3.8, 4) is 50.7 Å². The number of pyridine rings is 2. The van der Waals surface area contributed by atoms with Gasteiger partial charge in [-0.05, 0) is 96.1 Å². The monoisotopic (exact) mass is 803 g/mol. The molecule has 8 aromatic carbocycles. The molecule has 13 rings (SSSR count). The average Bonchev–Trinajstić information content (AvgIpc) is 4.00. The smallest absolute Gasteiger partial charge is 0.0963 e. The summed E-state index contributed by atoms with van der Waals surface area (Å²) in [6, 6.07) is 78.4. The van der Waals surface area contributed by atoms with Crippen molar-refractivity contribution >= 4 is 65.5 Å². The van der Waals surface area contributed by atoms with Crippen LogP contribution in [0.2, 0.25) is 0 Å². The molecule has 0 aliphatic rings. The fourth-order valence-corrected chi connectivity index (χ4v) is 9.83. The van der Waals surface area contributed by atoms with Gasteiger partial charge in [-0.15, -0.1) is 0 Å². The maximum atomic E-state index is 5.21. The predicted molar refractivity (Wildman–Crippen MR) is 261 cm³/mol. The van der Waals surface area contributed by atoms with Gasteiger partial charge in [0.05, 0.1) is 55.7 Å². The molecule has 13 aromatic rings. The topological polar surface area (TPSA) is 40.6 Å². The highest BCUT2D eigenvalue weighted by atomic mass is 15.0. The third kappa shape index (κ3) is 5.57. The summed E-state index contributed by atoms with van der Waals surface area (Å²) < 4.78 is 7.12. The zero-order valence-electron chi connectivity index (χ0n) is 34.1. The molecule has 63 heavy (non-hydrogen) atoms. The lowest BCUT2D eigenvalue weighted by Gasteiger charge is -2.14. The Balaban J connectivity index is 0.957. The van der Waals surface area contributed by atoms with Gasteiger partial charge in [0, 0.05) is 55.6 Å². The van der Waals surface area contributed by atoms with E-state index in [9.17, 15) is 0 Å². The van der Waals surface area contributed by atoms with E-state index >= 15 is 0 Å². The highest BCUT2D eigenvalue weighted by molar-refractivity contribution is 6.13. The standard InChI is InChI=1S/C58H37N5/c1-3-14-38(15-4-1)50-36-44(37-51(60-50)39-16-5-2-6-17-39)63-52-21-10-7-18-45(52)47-31-25-41(35-57(47)63)40-26-32-55-49(34-40)46-19-8-11-22-53(46)61(55)42-27-29-43(30-28-42)62-54-23-12-9-20-48(54)58-56(62)24-13-33-59-58/h1-37H. The molecule has 0 unspecified atom stereocenters. The lowest BCUT2D eigenvalue weighted by molar-refractivity contribution is 1.14. The summed E-state index contributed by atoms with van der Waals surface area (Å²) in [6.45, 7) is 0. The fourth-order valence-electron chi connectivity index (χ4n) is 9.83. The van der Waals surface area contributed by atoms with Gasteiger partial charge < -0.3 is 13.7 Å². The van der Waals surface area contributed by atoms with Gasteiger partial charge in [0.25, 0.3) is 0 Å². The maximum Gasteiger partial charge on any atom is 0.0963 e. The molecule has 5 heterocycles. The van der Waals surface area contributed by atoms with Crippen LogP contribution in [0.5, 0.6) is 0 Å². The second-order valence-electron chi connectivity index (χ2n) is 16.2. The molecule has 0 aliphatic heterocycles. The van der Waals surface area contributed by atoms with Gasteiger partial charge in [-0.25, -0.2) is 4.98 Å². The number of benzene rings is 8. The van der Waals surface area contributed by atoms with E-state index in [2.05, 4.69) is 226 Å². The number of nitrogens with zero attached hydrogens (tertiary/aromatic N) is 5. The van der Waals surface area contributed by atoms with Gasteiger partial charge in [-0.1, -0.05) is 133 Å². The van der Waals surface area contributed by atoms with Crippen LogP contribution >= 0.6 is 0 Å². The van der Waals surface area contributed by atoms with Crippen LogP contribution in [0, 0.1) is 0 Å². The van der Waals surface area contributed by atoms with Gasteiger partial charge in [0.15, 0.2) is 0 Å². The third-order valence-electron chi connectivity index (χ3n) is 12.7. The lowest BCUT2D eigenvalue weighted by Crippen LogP contribution is -1.98. The molecule has 294 valence electrons. The third-order valence-corrected chi connectivity index (χ3v) is 12.7. The van der Waals surface area contributed by atoms with E-state index in [-0.39, 0.29) is 0 Å². The average molecular weight is 804 g/mol. The Morgan fingerprint density at radius 3 is 1.38 bits per heavy atom. The van der Waals surface area contributed by atoms with Crippen molar-refractivity contribution in [1.82, 2.24) is 23.7 Å². The second kappa shape index (κ2) is 14.0. The number of hydrogen-bond donors (Lipinski definition) is 0. The van der Waals surface area contributed by atoms with Crippen LogP contribution < -0.4 is 0 Å². The van der Waals surface area contributed by atoms with Crippen LogP contribution in [-0.4, -0.2) is 23.7 Å². The summed E-state index contributed by atoms with van der Waals surface area (Å²) >= 11 is 0. The molecule has 0 atom stereocenters. The lowest BCUT2D eigenvalue weighted by atomic mass is 10.0.